The third kappa shape index (κ3) is 3.74. The third-order valence-corrected chi connectivity index (χ3v) is 3.16. The van der Waals surface area contributed by atoms with Crippen LogP contribution in [0, 0.1) is 0 Å². The van der Waals surface area contributed by atoms with E-state index in [9.17, 15) is 5.11 Å². The Kier molecular flexibility index (Phi) is 4.53. The molecule has 0 saturated carbocycles. The monoisotopic (exact) mass is 296 g/mol. The van der Waals surface area contributed by atoms with E-state index in [0.717, 1.165) is 0 Å². The second-order valence-corrected chi connectivity index (χ2v) is 6.15. The first kappa shape index (κ1) is 15.8. The topological polar surface area (TPSA) is 93.7 Å². The predicted molar refractivity (Wildman–Crippen MR) is 80.5 cm³/mol. The van der Waals surface area contributed by atoms with E-state index < -0.39 is 0 Å². The first-order valence-electron chi connectivity index (χ1n) is 7.13. The Hall–Kier alpha value is -1.60. The minimum atomic E-state index is -0.387. The summed E-state index contributed by atoms with van der Waals surface area (Å²) in [5.74, 6) is 1.01. The van der Waals surface area contributed by atoms with Crippen LogP contribution in [-0.4, -0.2) is 52.6 Å². The van der Waals surface area contributed by atoms with Crippen LogP contribution in [0.1, 0.15) is 27.7 Å². The molecule has 1 aromatic heterocycles. The van der Waals surface area contributed by atoms with Gasteiger partial charge in [0.1, 0.15) is 12.0 Å². The van der Waals surface area contributed by atoms with Gasteiger partial charge in [-0.05, 0) is 27.7 Å². The normalized spacial score (nSPS) is 21.6. The Morgan fingerprint density at radius 2 is 2.24 bits per heavy atom. The number of rotatable bonds is 4. The minimum absolute atomic E-state index is 0.0126. The van der Waals surface area contributed by atoms with E-state index >= 15 is 0 Å². The van der Waals surface area contributed by atoms with Crippen LogP contribution in [0.5, 0.6) is 5.88 Å². The molecule has 2 rings (SSSR count). The first-order chi connectivity index (χ1) is 9.82. The van der Waals surface area contributed by atoms with Crippen LogP contribution < -0.4 is 15.4 Å². The van der Waals surface area contributed by atoms with Gasteiger partial charge in [0.15, 0.2) is 5.82 Å². The number of hydrogen-bond donors (Lipinski definition) is 2. The molecule has 0 aromatic carbocycles. The smallest absolute Gasteiger partial charge is 0.242 e. The molecule has 3 N–H and O–H groups in total. The molecule has 0 bridgehead atoms. The van der Waals surface area contributed by atoms with Crippen molar-refractivity contribution in [2.45, 2.75) is 45.5 Å². The quantitative estimate of drug-likeness (QED) is 0.849. The maximum absolute atomic E-state index is 9.39. The molecule has 1 saturated heterocycles. The molecule has 1 aromatic rings. The van der Waals surface area contributed by atoms with Gasteiger partial charge in [0.25, 0.3) is 0 Å². The van der Waals surface area contributed by atoms with Crippen molar-refractivity contribution >= 4 is 11.5 Å². The zero-order valence-corrected chi connectivity index (χ0v) is 13.0. The van der Waals surface area contributed by atoms with Crippen LogP contribution in [-0.2, 0) is 4.74 Å². The lowest BCUT2D eigenvalue weighted by atomic mass is 10.1. The largest absolute Gasteiger partial charge is 0.473 e. The molecule has 0 spiro atoms. The number of nitrogens with zero attached hydrogens (tertiary/aromatic N) is 3. The van der Waals surface area contributed by atoms with Gasteiger partial charge in [0.05, 0.1) is 24.4 Å². The summed E-state index contributed by atoms with van der Waals surface area (Å²) >= 11 is 0. The van der Waals surface area contributed by atoms with E-state index in [1.165, 1.54) is 6.33 Å². The van der Waals surface area contributed by atoms with Crippen molar-refractivity contribution in [3.05, 3.63) is 6.33 Å². The van der Waals surface area contributed by atoms with E-state index in [2.05, 4.69) is 9.97 Å². The molecule has 1 atom stereocenters. The Balaban J connectivity index is 2.28. The second-order valence-electron chi connectivity index (χ2n) is 6.15. The second kappa shape index (κ2) is 6.03. The molecule has 0 aliphatic carbocycles. The number of aromatic nitrogens is 2. The van der Waals surface area contributed by atoms with Crippen LogP contribution in [0.3, 0.4) is 0 Å². The van der Waals surface area contributed by atoms with Crippen molar-refractivity contribution in [1.82, 2.24) is 9.97 Å². The van der Waals surface area contributed by atoms with Crippen molar-refractivity contribution in [2.24, 2.45) is 0 Å². The summed E-state index contributed by atoms with van der Waals surface area (Å²) in [5.41, 5.74) is 6.17. The van der Waals surface area contributed by atoms with Crippen LogP contribution in [0.4, 0.5) is 11.5 Å². The van der Waals surface area contributed by atoms with E-state index in [1.807, 2.05) is 32.6 Å². The van der Waals surface area contributed by atoms with Crippen LogP contribution in [0.25, 0.3) is 0 Å². The van der Waals surface area contributed by atoms with Crippen LogP contribution in [0.2, 0.25) is 0 Å². The molecule has 1 aliphatic rings. The van der Waals surface area contributed by atoms with Crippen molar-refractivity contribution < 1.29 is 14.6 Å². The molecule has 0 amide bonds. The number of aliphatic hydroxyl groups excluding tert-OH is 1. The van der Waals surface area contributed by atoms with Crippen molar-refractivity contribution in [2.75, 3.05) is 30.3 Å². The lowest BCUT2D eigenvalue weighted by Crippen LogP contribution is -2.54. The molecular formula is C14H24N4O3. The summed E-state index contributed by atoms with van der Waals surface area (Å²) in [7, 11) is 0. The Morgan fingerprint density at radius 1 is 1.52 bits per heavy atom. The molecule has 21 heavy (non-hydrogen) atoms. The highest BCUT2D eigenvalue weighted by molar-refractivity contribution is 5.68. The molecule has 1 unspecified atom stereocenters. The Bertz CT molecular complexity index is 493. The van der Waals surface area contributed by atoms with Crippen molar-refractivity contribution in [1.29, 1.82) is 0 Å². The van der Waals surface area contributed by atoms with Gasteiger partial charge in [-0.1, -0.05) is 0 Å². The van der Waals surface area contributed by atoms with E-state index in [0.29, 0.717) is 30.5 Å². The van der Waals surface area contributed by atoms with Gasteiger partial charge >= 0.3 is 0 Å². The first-order valence-corrected chi connectivity index (χ1v) is 7.13. The van der Waals surface area contributed by atoms with Gasteiger partial charge in [0.2, 0.25) is 5.88 Å². The summed E-state index contributed by atoms with van der Waals surface area (Å²) in [5, 5.41) is 9.39. The molecular weight excluding hydrogens is 272 g/mol. The number of ether oxygens (including phenoxy) is 2. The molecule has 7 nitrogen and oxygen atoms in total. The van der Waals surface area contributed by atoms with Gasteiger partial charge in [-0.3, -0.25) is 0 Å². The fraction of sp³-hybridized carbons (Fsp3) is 0.714. The number of anilines is 2. The molecule has 1 aliphatic heterocycles. The van der Waals surface area contributed by atoms with E-state index in [4.69, 9.17) is 15.2 Å². The fourth-order valence-electron chi connectivity index (χ4n) is 2.49. The average molecular weight is 296 g/mol. The van der Waals surface area contributed by atoms with Gasteiger partial charge in [-0.2, -0.15) is 4.98 Å². The highest BCUT2D eigenvalue weighted by Gasteiger charge is 2.34. The number of hydrogen-bond acceptors (Lipinski definition) is 7. The Morgan fingerprint density at radius 3 is 2.86 bits per heavy atom. The number of nitrogens with two attached hydrogens (primary N) is 1. The molecule has 0 radical (unpaired) electrons. The molecule has 1 fully saturated rings. The maximum atomic E-state index is 9.39. The van der Waals surface area contributed by atoms with Crippen molar-refractivity contribution in [3.8, 4) is 5.88 Å². The minimum Gasteiger partial charge on any atom is -0.473 e. The lowest BCUT2D eigenvalue weighted by Gasteiger charge is -2.43. The third-order valence-electron chi connectivity index (χ3n) is 3.16. The highest BCUT2D eigenvalue weighted by Crippen LogP contribution is 2.32. The number of morpholine rings is 1. The molecule has 2 heterocycles. The Labute approximate surface area is 125 Å². The lowest BCUT2D eigenvalue weighted by molar-refractivity contribution is -0.101. The summed E-state index contributed by atoms with van der Waals surface area (Å²) in [4.78, 5) is 10.4. The molecule has 118 valence electrons. The van der Waals surface area contributed by atoms with E-state index in [1.54, 1.807) is 0 Å². The average Bonchev–Trinajstić information content (AvgIpc) is 2.38. The maximum Gasteiger partial charge on any atom is 0.242 e. The fourth-order valence-corrected chi connectivity index (χ4v) is 2.49. The summed E-state index contributed by atoms with van der Waals surface area (Å²) < 4.78 is 11.4. The predicted octanol–water partition coefficient (Wildman–Crippen LogP) is 0.822. The number of nitrogen functional groups attached to an aromatic ring is 1. The summed E-state index contributed by atoms with van der Waals surface area (Å²) in [6, 6.07) is 0. The SMILES string of the molecule is CC(C)Oc1ncnc(N2CC(CO)OC(C)(C)C2)c1N. The zero-order chi connectivity index (χ0) is 15.6. The van der Waals surface area contributed by atoms with Crippen LogP contribution in [0.15, 0.2) is 6.33 Å². The van der Waals surface area contributed by atoms with E-state index in [-0.39, 0.29) is 24.4 Å². The van der Waals surface area contributed by atoms with Gasteiger partial charge in [0, 0.05) is 13.1 Å². The standard InChI is InChI=1S/C14H24N4O3/c1-9(2)20-13-11(15)12(16-8-17-13)18-5-10(6-19)21-14(3,4)7-18/h8-10,19H,5-7,15H2,1-4H3. The molecule has 7 heteroatoms. The summed E-state index contributed by atoms with van der Waals surface area (Å²) in [6.07, 6.45) is 1.17. The van der Waals surface area contributed by atoms with Crippen LogP contribution >= 0.6 is 0 Å². The van der Waals surface area contributed by atoms with Gasteiger partial charge < -0.3 is 25.2 Å². The highest BCUT2D eigenvalue weighted by atomic mass is 16.5. The zero-order valence-electron chi connectivity index (χ0n) is 13.0. The summed E-state index contributed by atoms with van der Waals surface area (Å²) in [6.45, 7) is 8.91. The van der Waals surface area contributed by atoms with Gasteiger partial charge in [-0.15, -0.1) is 0 Å². The van der Waals surface area contributed by atoms with Gasteiger partial charge in [-0.25, -0.2) is 4.98 Å². The number of aliphatic hydroxyl groups is 1. The van der Waals surface area contributed by atoms with Crippen molar-refractivity contribution in [3.63, 3.8) is 0 Å².